The van der Waals surface area contributed by atoms with Crippen LogP contribution in [0.1, 0.15) is 54.4 Å². The first kappa shape index (κ1) is 19.7. The summed E-state index contributed by atoms with van der Waals surface area (Å²) in [5.74, 6) is 2.40. The highest BCUT2D eigenvalue weighted by atomic mass is 79.9. The lowest BCUT2D eigenvalue weighted by molar-refractivity contribution is -0.00520. The minimum absolute atomic E-state index is 0.281. The third-order valence-corrected chi connectivity index (χ3v) is 8.50. The van der Waals surface area contributed by atoms with Crippen LogP contribution in [-0.2, 0) is 5.41 Å². The van der Waals surface area contributed by atoms with E-state index in [0.717, 1.165) is 27.9 Å². The van der Waals surface area contributed by atoms with E-state index in [-0.39, 0.29) is 10.9 Å². The van der Waals surface area contributed by atoms with Crippen LogP contribution in [0, 0.1) is 17.8 Å². The highest BCUT2D eigenvalue weighted by Crippen LogP contribution is 2.61. The monoisotopic (exact) mass is 492 g/mol. The molecule has 6 rings (SSSR count). The molecule has 3 nitrogen and oxygen atoms in total. The molecule has 1 amide bonds. The van der Waals surface area contributed by atoms with Crippen LogP contribution in [0.2, 0.25) is 10.0 Å². The SMILES string of the molecule is Nc1cc(C(=O)Nc2ccc(C34CC5CC(CC(C5)C3)C4)cc2Br)c(Cl)cc1Cl. The Balaban J connectivity index is 1.40. The van der Waals surface area contributed by atoms with Gasteiger partial charge in [0.15, 0.2) is 0 Å². The van der Waals surface area contributed by atoms with E-state index >= 15 is 0 Å². The molecule has 4 fully saturated rings. The van der Waals surface area contributed by atoms with Crippen LogP contribution in [0.5, 0.6) is 0 Å². The Bertz CT molecular complexity index is 971. The van der Waals surface area contributed by atoms with Crippen LogP contribution < -0.4 is 11.1 Å². The molecule has 0 unspecified atom stereocenters. The molecular formula is C23H23BrCl2N2O. The van der Waals surface area contributed by atoms with Crippen LogP contribution >= 0.6 is 39.1 Å². The van der Waals surface area contributed by atoms with Gasteiger partial charge in [0.1, 0.15) is 0 Å². The molecule has 0 saturated heterocycles. The molecule has 4 saturated carbocycles. The normalized spacial score (nSPS) is 29.8. The maximum Gasteiger partial charge on any atom is 0.257 e. The van der Waals surface area contributed by atoms with Crippen LogP contribution in [0.15, 0.2) is 34.8 Å². The summed E-state index contributed by atoms with van der Waals surface area (Å²) in [5, 5.41) is 3.57. The number of amides is 1. The molecule has 0 aliphatic heterocycles. The fourth-order valence-electron chi connectivity index (χ4n) is 6.34. The average Bonchev–Trinajstić information content (AvgIpc) is 2.65. The van der Waals surface area contributed by atoms with E-state index in [1.165, 1.54) is 56.2 Å². The Hall–Kier alpha value is -1.23. The minimum atomic E-state index is -0.304. The predicted octanol–water partition coefficient (Wildman–Crippen LogP) is 7.06. The molecule has 4 bridgehead atoms. The average molecular weight is 494 g/mol. The summed E-state index contributed by atoms with van der Waals surface area (Å²) in [6, 6.07) is 9.42. The number of hydrogen-bond acceptors (Lipinski definition) is 2. The molecule has 3 N–H and O–H groups in total. The van der Waals surface area contributed by atoms with Gasteiger partial charge in [-0.1, -0.05) is 29.3 Å². The smallest absolute Gasteiger partial charge is 0.257 e. The number of hydrogen-bond donors (Lipinski definition) is 2. The van der Waals surface area contributed by atoms with Crippen LogP contribution in [0.3, 0.4) is 0 Å². The van der Waals surface area contributed by atoms with Gasteiger partial charge in [0.05, 0.1) is 27.0 Å². The van der Waals surface area contributed by atoms with E-state index < -0.39 is 0 Å². The van der Waals surface area contributed by atoms with Gasteiger partial charge in [-0.25, -0.2) is 0 Å². The maximum atomic E-state index is 12.7. The fraction of sp³-hybridized carbons (Fsp3) is 0.435. The molecule has 152 valence electrons. The zero-order valence-corrected chi connectivity index (χ0v) is 19.1. The van der Waals surface area contributed by atoms with Crippen molar-refractivity contribution in [3.05, 3.63) is 56.0 Å². The van der Waals surface area contributed by atoms with E-state index in [1.54, 1.807) is 0 Å². The third-order valence-electron chi connectivity index (χ3n) is 7.20. The predicted molar refractivity (Wildman–Crippen MR) is 123 cm³/mol. The Morgan fingerprint density at radius 3 is 2.21 bits per heavy atom. The molecule has 29 heavy (non-hydrogen) atoms. The van der Waals surface area contributed by atoms with Gasteiger partial charge in [-0.15, -0.1) is 0 Å². The van der Waals surface area contributed by atoms with Crippen molar-refractivity contribution in [1.29, 1.82) is 0 Å². The number of carbonyl (C=O) groups is 1. The summed E-state index contributed by atoms with van der Waals surface area (Å²) in [4.78, 5) is 12.7. The number of nitrogens with one attached hydrogen (secondary N) is 1. The first-order valence-electron chi connectivity index (χ1n) is 10.2. The zero-order valence-electron chi connectivity index (χ0n) is 16.0. The van der Waals surface area contributed by atoms with Crippen LogP contribution in [0.4, 0.5) is 11.4 Å². The number of carbonyl (C=O) groups excluding carboxylic acids is 1. The molecule has 2 aromatic rings. The molecule has 0 aromatic heterocycles. The standard InChI is InChI=1S/C23H23BrCl2N2O/c24-17-6-15(23-9-12-3-13(10-23)5-14(4-12)11-23)1-2-21(17)28-22(29)16-7-20(27)19(26)8-18(16)25/h1-2,6-8,12-14H,3-5,9-11,27H2,(H,28,29). The number of anilines is 2. The van der Waals surface area contributed by atoms with Crippen LogP contribution in [0.25, 0.3) is 0 Å². The van der Waals surface area contributed by atoms with Crippen molar-refractivity contribution in [3.8, 4) is 0 Å². The molecule has 0 atom stereocenters. The fourth-order valence-corrected chi connectivity index (χ4v) is 7.29. The Kier molecular flexibility index (Phi) is 4.88. The first-order valence-corrected chi connectivity index (χ1v) is 11.7. The lowest BCUT2D eigenvalue weighted by Crippen LogP contribution is -2.48. The summed E-state index contributed by atoms with van der Waals surface area (Å²) in [6.45, 7) is 0. The van der Waals surface area contributed by atoms with E-state index in [9.17, 15) is 4.79 Å². The van der Waals surface area contributed by atoms with Crippen molar-refractivity contribution < 1.29 is 4.79 Å². The molecule has 4 aliphatic rings. The number of halogens is 3. The molecule has 0 heterocycles. The minimum Gasteiger partial charge on any atom is -0.398 e. The Morgan fingerprint density at radius 1 is 1.00 bits per heavy atom. The number of nitrogens with two attached hydrogens (primary N) is 1. The number of benzene rings is 2. The quantitative estimate of drug-likeness (QED) is 0.449. The van der Waals surface area contributed by atoms with Crippen molar-refractivity contribution in [1.82, 2.24) is 0 Å². The van der Waals surface area contributed by atoms with E-state index in [4.69, 9.17) is 28.9 Å². The lowest BCUT2D eigenvalue weighted by Gasteiger charge is -2.57. The molecule has 2 aromatic carbocycles. The topological polar surface area (TPSA) is 55.1 Å². The maximum absolute atomic E-state index is 12.7. The van der Waals surface area contributed by atoms with Gasteiger partial charge in [0, 0.05) is 4.47 Å². The summed E-state index contributed by atoms with van der Waals surface area (Å²) in [7, 11) is 0. The summed E-state index contributed by atoms with van der Waals surface area (Å²) >= 11 is 15.8. The molecule has 0 spiro atoms. The van der Waals surface area contributed by atoms with Crippen molar-refractivity contribution in [3.63, 3.8) is 0 Å². The van der Waals surface area contributed by atoms with Gasteiger partial charge in [-0.2, -0.15) is 0 Å². The second-order valence-electron chi connectivity index (χ2n) is 9.20. The van der Waals surface area contributed by atoms with Gasteiger partial charge in [-0.05, 0) is 107 Å². The summed E-state index contributed by atoms with van der Waals surface area (Å²) in [5.41, 5.74) is 8.95. The number of rotatable bonds is 3. The van der Waals surface area contributed by atoms with Crippen molar-refractivity contribution >= 4 is 56.4 Å². The second kappa shape index (κ2) is 7.18. The van der Waals surface area contributed by atoms with Crippen molar-refractivity contribution in [2.24, 2.45) is 17.8 Å². The third kappa shape index (κ3) is 3.47. The second-order valence-corrected chi connectivity index (χ2v) is 10.9. The zero-order chi connectivity index (χ0) is 20.3. The lowest BCUT2D eigenvalue weighted by atomic mass is 9.48. The highest BCUT2D eigenvalue weighted by Gasteiger charge is 2.51. The summed E-state index contributed by atoms with van der Waals surface area (Å²) < 4.78 is 0.900. The van der Waals surface area contributed by atoms with Gasteiger partial charge >= 0.3 is 0 Å². The van der Waals surface area contributed by atoms with Gasteiger partial charge in [0.25, 0.3) is 5.91 Å². The molecule has 4 aliphatic carbocycles. The van der Waals surface area contributed by atoms with Gasteiger partial charge in [-0.3, -0.25) is 4.79 Å². The first-order chi connectivity index (χ1) is 13.8. The van der Waals surface area contributed by atoms with E-state index in [1.807, 2.05) is 6.07 Å². The van der Waals surface area contributed by atoms with Crippen LogP contribution in [-0.4, -0.2) is 5.91 Å². The van der Waals surface area contributed by atoms with Gasteiger partial charge < -0.3 is 11.1 Å². The molecule has 0 radical (unpaired) electrons. The Morgan fingerprint density at radius 2 is 1.62 bits per heavy atom. The van der Waals surface area contributed by atoms with E-state index in [0.29, 0.717) is 21.7 Å². The molecule has 6 heteroatoms. The molecular weight excluding hydrogens is 471 g/mol. The van der Waals surface area contributed by atoms with Crippen molar-refractivity contribution in [2.45, 2.75) is 43.9 Å². The Labute approximate surface area is 189 Å². The van der Waals surface area contributed by atoms with Gasteiger partial charge in [0.2, 0.25) is 0 Å². The largest absolute Gasteiger partial charge is 0.398 e. The van der Waals surface area contributed by atoms with E-state index in [2.05, 4.69) is 33.4 Å². The highest BCUT2D eigenvalue weighted by molar-refractivity contribution is 9.10. The number of nitrogen functional groups attached to an aromatic ring is 1. The van der Waals surface area contributed by atoms with Crippen molar-refractivity contribution in [2.75, 3.05) is 11.1 Å². The summed E-state index contributed by atoms with van der Waals surface area (Å²) in [6.07, 6.45) is 8.24.